The summed E-state index contributed by atoms with van der Waals surface area (Å²) < 4.78 is 5.36. The fourth-order valence-electron chi connectivity index (χ4n) is 3.17. The molecule has 6 heteroatoms. The quantitative estimate of drug-likeness (QED) is 0.369. The van der Waals surface area contributed by atoms with Crippen LogP contribution in [-0.4, -0.2) is 18.9 Å². The van der Waals surface area contributed by atoms with Gasteiger partial charge >= 0.3 is 0 Å². The average molecular weight is 431 g/mol. The van der Waals surface area contributed by atoms with E-state index in [2.05, 4.69) is 17.6 Å². The van der Waals surface area contributed by atoms with Crippen LogP contribution in [0.1, 0.15) is 68.6 Å². The minimum absolute atomic E-state index is 0.0889. The number of hydrogen-bond acceptors (Lipinski definition) is 3. The largest absolute Gasteiger partial charge is 0.496 e. The molecule has 0 heterocycles. The van der Waals surface area contributed by atoms with Crippen molar-refractivity contribution in [3.63, 3.8) is 0 Å². The van der Waals surface area contributed by atoms with Crippen LogP contribution in [0.4, 0.5) is 11.4 Å². The van der Waals surface area contributed by atoms with Gasteiger partial charge in [-0.3, -0.25) is 9.59 Å². The number of carbonyl (C=O) groups excluding carboxylic acids is 2. The number of amides is 2. The molecular weight excluding hydrogens is 400 g/mol. The number of benzene rings is 2. The Morgan fingerprint density at radius 1 is 0.933 bits per heavy atom. The predicted octanol–water partition coefficient (Wildman–Crippen LogP) is 6.68. The number of halogens is 1. The fourth-order valence-corrected chi connectivity index (χ4v) is 3.38. The van der Waals surface area contributed by atoms with Crippen LogP contribution in [0.2, 0.25) is 5.02 Å². The van der Waals surface area contributed by atoms with Crippen LogP contribution < -0.4 is 15.4 Å². The van der Waals surface area contributed by atoms with E-state index in [0.717, 1.165) is 19.3 Å². The summed E-state index contributed by atoms with van der Waals surface area (Å²) in [6.45, 7) is 2.20. The van der Waals surface area contributed by atoms with Gasteiger partial charge in [0.05, 0.1) is 23.4 Å². The lowest BCUT2D eigenvalue weighted by atomic mass is 10.1. The first-order valence-electron chi connectivity index (χ1n) is 10.6. The minimum atomic E-state index is -0.333. The van der Waals surface area contributed by atoms with Crippen LogP contribution in [-0.2, 0) is 4.79 Å². The molecule has 0 atom stereocenters. The van der Waals surface area contributed by atoms with E-state index < -0.39 is 0 Å². The van der Waals surface area contributed by atoms with Crippen LogP contribution in [0.25, 0.3) is 0 Å². The van der Waals surface area contributed by atoms with Crippen LogP contribution >= 0.6 is 11.6 Å². The van der Waals surface area contributed by atoms with E-state index in [1.54, 1.807) is 18.2 Å². The summed E-state index contributed by atoms with van der Waals surface area (Å²) in [6.07, 6.45) is 8.51. The van der Waals surface area contributed by atoms with Crippen molar-refractivity contribution in [1.82, 2.24) is 0 Å². The molecule has 2 rings (SSSR count). The number of unbranched alkanes of at least 4 members (excludes halogenated alkanes) is 6. The second-order valence-electron chi connectivity index (χ2n) is 7.27. The summed E-state index contributed by atoms with van der Waals surface area (Å²) in [7, 11) is 1.48. The maximum Gasteiger partial charge on any atom is 0.259 e. The molecule has 0 saturated heterocycles. The van der Waals surface area contributed by atoms with Crippen molar-refractivity contribution in [1.29, 1.82) is 0 Å². The topological polar surface area (TPSA) is 67.4 Å². The zero-order chi connectivity index (χ0) is 21.8. The highest BCUT2D eigenvalue weighted by atomic mass is 35.5. The van der Waals surface area contributed by atoms with Gasteiger partial charge in [-0.2, -0.15) is 0 Å². The van der Waals surface area contributed by atoms with Gasteiger partial charge in [-0.1, -0.05) is 75.2 Å². The Kier molecular flexibility index (Phi) is 10.2. The molecule has 0 radical (unpaired) electrons. The lowest BCUT2D eigenvalue weighted by Crippen LogP contribution is -2.15. The number of methoxy groups -OCH3 is 1. The highest BCUT2D eigenvalue weighted by Gasteiger charge is 2.17. The Morgan fingerprint density at radius 2 is 1.60 bits per heavy atom. The highest BCUT2D eigenvalue weighted by molar-refractivity contribution is 6.34. The SMILES string of the molecule is CCCCCCCCCC(=O)Nc1cc(OC)c(C(=O)Nc2ccccc2)cc1Cl. The molecule has 0 fully saturated rings. The molecule has 0 spiro atoms. The summed E-state index contributed by atoms with van der Waals surface area (Å²) in [6, 6.07) is 12.2. The minimum Gasteiger partial charge on any atom is -0.496 e. The molecule has 0 aliphatic heterocycles. The number of anilines is 2. The van der Waals surface area contributed by atoms with Gasteiger partial charge in [-0.05, 0) is 24.6 Å². The monoisotopic (exact) mass is 430 g/mol. The third-order valence-electron chi connectivity index (χ3n) is 4.85. The zero-order valence-electron chi connectivity index (χ0n) is 17.8. The molecule has 5 nitrogen and oxygen atoms in total. The van der Waals surface area contributed by atoms with Crippen LogP contribution in [0, 0.1) is 0 Å². The number of carbonyl (C=O) groups is 2. The van der Waals surface area contributed by atoms with Crippen LogP contribution in [0.15, 0.2) is 42.5 Å². The lowest BCUT2D eigenvalue weighted by molar-refractivity contribution is -0.116. The number of hydrogen-bond donors (Lipinski definition) is 2. The molecule has 30 heavy (non-hydrogen) atoms. The molecule has 0 aliphatic rings. The Labute approximate surface area is 184 Å². The Hall–Kier alpha value is -2.53. The standard InChI is InChI=1S/C24H31ClN2O3/c1-3-4-5-6-7-8-12-15-23(28)27-21-17-22(30-2)19(16-20(21)25)24(29)26-18-13-10-9-11-14-18/h9-11,13-14,16-17H,3-8,12,15H2,1-2H3,(H,26,29)(H,27,28). The van der Waals surface area contributed by atoms with Crippen molar-refractivity contribution in [2.75, 3.05) is 17.7 Å². The summed E-state index contributed by atoms with van der Waals surface area (Å²) in [5.41, 5.74) is 1.42. The van der Waals surface area contributed by atoms with E-state index >= 15 is 0 Å². The first-order valence-corrected chi connectivity index (χ1v) is 11.0. The van der Waals surface area contributed by atoms with Crippen molar-refractivity contribution in [3.8, 4) is 5.75 Å². The second kappa shape index (κ2) is 12.9. The van der Waals surface area contributed by atoms with Gasteiger partial charge in [0.25, 0.3) is 5.91 Å². The molecule has 162 valence electrons. The summed E-state index contributed by atoms with van der Waals surface area (Å²) >= 11 is 6.33. The smallest absolute Gasteiger partial charge is 0.259 e. The van der Waals surface area contributed by atoms with Crippen molar-refractivity contribution < 1.29 is 14.3 Å². The second-order valence-corrected chi connectivity index (χ2v) is 7.68. The molecule has 0 unspecified atom stereocenters. The maximum absolute atomic E-state index is 12.6. The molecule has 0 aromatic heterocycles. The third-order valence-corrected chi connectivity index (χ3v) is 5.16. The van der Waals surface area contributed by atoms with Gasteiger partial charge in [0, 0.05) is 18.2 Å². The van der Waals surface area contributed by atoms with Crippen molar-refractivity contribution in [2.45, 2.75) is 58.3 Å². The van der Waals surface area contributed by atoms with Gasteiger partial charge in [0.2, 0.25) is 5.91 Å². The molecule has 2 N–H and O–H groups in total. The predicted molar refractivity (Wildman–Crippen MR) is 124 cm³/mol. The molecule has 0 aliphatic carbocycles. The molecule has 0 bridgehead atoms. The number of para-hydroxylation sites is 1. The van der Waals surface area contributed by atoms with Crippen LogP contribution in [0.3, 0.4) is 0 Å². The van der Waals surface area contributed by atoms with E-state index in [0.29, 0.717) is 34.1 Å². The maximum atomic E-state index is 12.6. The van der Waals surface area contributed by atoms with Crippen molar-refractivity contribution in [3.05, 3.63) is 53.1 Å². The van der Waals surface area contributed by atoms with Gasteiger partial charge in [-0.25, -0.2) is 0 Å². The van der Waals surface area contributed by atoms with Gasteiger partial charge < -0.3 is 15.4 Å². The molecule has 2 aromatic rings. The van der Waals surface area contributed by atoms with E-state index in [-0.39, 0.29) is 11.8 Å². The molecule has 0 saturated carbocycles. The van der Waals surface area contributed by atoms with Gasteiger partial charge in [0.1, 0.15) is 5.75 Å². The number of rotatable bonds is 12. The normalized spacial score (nSPS) is 10.5. The van der Waals surface area contributed by atoms with E-state index in [1.165, 1.54) is 38.9 Å². The Bertz CT molecular complexity index is 825. The fraction of sp³-hybridized carbons (Fsp3) is 0.417. The van der Waals surface area contributed by atoms with Crippen molar-refractivity contribution in [2.24, 2.45) is 0 Å². The van der Waals surface area contributed by atoms with E-state index in [4.69, 9.17) is 16.3 Å². The summed E-state index contributed by atoms with van der Waals surface area (Å²) in [5.74, 6) is -0.0750. The molecule has 2 aromatic carbocycles. The average Bonchev–Trinajstić information content (AvgIpc) is 2.75. The molecule has 2 amide bonds. The highest BCUT2D eigenvalue weighted by Crippen LogP contribution is 2.31. The zero-order valence-corrected chi connectivity index (χ0v) is 18.6. The summed E-state index contributed by atoms with van der Waals surface area (Å²) in [4.78, 5) is 24.9. The summed E-state index contributed by atoms with van der Waals surface area (Å²) in [5, 5.41) is 5.93. The first-order chi connectivity index (χ1) is 14.5. The van der Waals surface area contributed by atoms with E-state index in [9.17, 15) is 9.59 Å². The molecular formula is C24H31ClN2O3. The first kappa shape index (κ1) is 23.7. The Morgan fingerprint density at radius 3 is 2.27 bits per heavy atom. The van der Waals surface area contributed by atoms with Crippen molar-refractivity contribution >= 4 is 34.8 Å². The number of ether oxygens (including phenoxy) is 1. The third kappa shape index (κ3) is 7.71. The van der Waals surface area contributed by atoms with E-state index in [1.807, 2.05) is 18.2 Å². The van der Waals surface area contributed by atoms with Gasteiger partial charge in [0.15, 0.2) is 0 Å². The Balaban J connectivity index is 1.93. The van der Waals surface area contributed by atoms with Crippen LogP contribution in [0.5, 0.6) is 5.75 Å². The number of nitrogens with one attached hydrogen (secondary N) is 2. The lowest BCUT2D eigenvalue weighted by Gasteiger charge is -2.14. The van der Waals surface area contributed by atoms with Gasteiger partial charge in [-0.15, -0.1) is 0 Å².